The van der Waals surface area contributed by atoms with Crippen LogP contribution in [-0.2, 0) is 11.2 Å². The summed E-state index contributed by atoms with van der Waals surface area (Å²) in [7, 11) is 0. The molecule has 4 heterocycles. The number of rotatable bonds is 3. The van der Waals surface area contributed by atoms with Crippen molar-refractivity contribution in [2.24, 2.45) is 0 Å². The van der Waals surface area contributed by atoms with E-state index in [2.05, 4.69) is 35.1 Å². The van der Waals surface area contributed by atoms with Gasteiger partial charge >= 0.3 is 0 Å². The molecule has 3 aromatic rings. The highest BCUT2D eigenvalue weighted by atomic mass is 16.5. The molecule has 1 unspecified atom stereocenters. The molecule has 164 valence electrons. The number of benzene rings is 1. The Bertz CT molecular complexity index is 1150. The third-order valence-electron chi connectivity index (χ3n) is 6.08. The number of carbonyl (C=O) groups excluding carboxylic acids is 1. The van der Waals surface area contributed by atoms with E-state index in [0.29, 0.717) is 12.4 Å². The topological polar surface area (TPSA) is 93.4 Å². The predicted octanol–water partition coefficient (Wildman–Crippen LogP) is 3.29. The molecule has 32 heavy (non-hydrogen) atoms. The quantitative estimate of drug-likeness (QED) is 0.664. The van der Waals surface area contributed by atoms with Crippen LogP contribution < -0.4 is 16.0 Å². The minimum absolute atomic E-state index is 0.0205. The molecule has 0 saturated carbocycles. The van der Waals surface area contributed by atoms with Crippen molar-refractivity contribution >= 4 is 17.5 Å². The first-order valence-electron chi connectivity index (χ1n) is 11.0. The van der Waals surface area contributed by atoms with Crippen molar-refractivity contribution in [2.45, 2.75) is 32.5 Å². The van der Waals surface area contributed by atoms with Crippen LogP contribution in [0.2, 0.25) is 0 Å². The monoisotopic (exact) mass is 429 g/mol. The van der Waals surface area contributed by atoms with Gasteiger partial charge < -0.3 is 20.7 Å². The SMILES string of the molecule is CC1CN(c2ccc(-c3cnc(N)c(-c4ccc5c(c4)CCNC5=O)c3)cn2)C[C@H](C)O1. The van der Waals surface area contributed by atoms with E-state index in [0.717, 1.165) is 58.7 Å². The van der Waals surface area contributed by atoms with Crippen LogP contribution in [0.5, 0.6) is 0 Å². The number of nitrogens with one attached hydrogen (secondary N) is 1. The maximum Gasteiger partial charge on any atom is 0.251 e. The van der Waals surface area contributed by atoms with Gasteiger partial charge in [0.1, 0.15) is 11.6 Å². The van der Waals surface area contributed by atoms with Crippen LogP contribution in [0.15, 0.2) is 48.8 Å². The van der Waals surface area contributed by atoms with Gasteiger partial charge in [0.25, 0.3) is 5.91 Å². The summed E-state index contributed by atoms with van der Waals surface area (Å²) in [6.45, 7) is 6.50. The summed E-state index contributed by atoms with van der Waals surface area (Å²) in [5, 5.41) is 2.88. The first-order valence-corrected chi connectivity index (χ1v) is 11.0. The number of morpholine rings is 1. The van der Waals surface area contributed by atoms with Crippen LogP contribution >= 0.6 is 0 Å². The molecule has 1 saturated heterocycles. The number of hydrogen-bond donors (Lipinski definition) is 2. The van der Waals surface area contributed by atoms with E-state index in [9.17, 15) is 4.79 Å². The lowest BCUT2D eigenvalue weighted by atomic mass is 9.94. The second kappa shape index (κ2) is 8.24. The van der Waals surface area contributed by atoms with Gasteiger partial charge in [-0.1, -0.05) is 12.1 Å². The van der Waals surface area contributed by atoms with Crippen molar-refractivity contribution in [1.82, 2.24) is 15.3 Å². The van der Waals surface area contributed by atoms with Gasteiger partial charge in [-0.25, -0.2) is 9.97 Å². The maximum absolute atomic E-state index is 12.1. The average Bonchev–Trinajstić information content (AvgIpc) is 2.79. The molecule has 2 aromatic heterocycles. The normalized spacial score (nSPS) is 20.6. The van der Waals surface area contributed by atoms with Gasteiger partial charge in [0.2, 0.25) is 0 Å². The third-order valence-corrected chi connectivity index (χ3v) is 6.08. The number of amides is 1. The van der Waals surface area contributed by atoms with E-state index in [1.54, 1.807) is 6.20 Å². The van der Waals surface area contributed by atoms with Crippen molar-refractivity contribution in [3.63, 3.8) is 0 Å². The summed E-state index contributed by atoms with van der Waals surface area (Å²) < 4.78 is 5.83. The second-order valence-electron chi connectivity index (χ2n) is 8.60. The van der Waals surface area contributed by atoms with E-state index in [1.807, 2.05) is 36.5 Å². The molecule has 0 radical (unpaired) electrons. The van der Waals surface area contributed by atoms with Crippen molar-refractivity contribution < 1.29 is 9.53 Å². The molecular formula is C25H27N5O2. The van der Waals surface area contributed by atoms with E-state index >= 15 is 0 Å². The Hall–Kier alpha value is -3.45. The van der Waals surface area contributed by atoms with Gasteiger partial charge in [-0.05, 0) is 55.7 Å². The van der Waals surface area contributed by atoms with E-state index < -0.39 is 0 Å². The highest BCUT2D eigenvalue weighted by molar-refractivity contribution is 5.97. The molecular weight excluding hydrogens is 402 g/mol. The molecule has 0 spiro atoms. The van der Waals surface area contributed by atoms with Crippen molar-refractivity contribution in [1.29, 1.82) is 0 Å². The zero-order valence-corrected chi connectivity index (χ0v) is 18.3. The molecule has 5 rings (SSSR count). The largest absolute Gasteiger partial charge is 0.383 e. The first kappa shape index (κ1) is 20.5. The molecule has 3 N–H and O–H groups in total. The molecule has 1 aromatic carbocycles. The molecule has 0 aliphatic carbocycles. The van der Waals surface area contributed by atoms with Gasteiger partial charge in [-0.3, -0.25) is 4.79 Å². The molecule has 0 bridgehead atoms. The van der Waals surface area contributed by atoms with Gasteiger partial charge in [-0.2, -0.15) is 0 Å². The highest BCUT2D eigenvalue weighted by Crippen LogP contribution is 2.32. The highest BCUT2D eigenvalue weighted by Gasteiger charge is 2.23. The zero-order chi connectivity index (χ0) is 22.2. The number of nitrogen functional groups attached to an aromatic ring is 1. The number of hydrogen-bond acceptors (Lipinski definition) is 6. The van der Waals surface area contributed by atoms with Gasteiger partial charge in [0.15, 0.2) is 0 Å². The molecule has 2 aliphatic rings. The van der Waals surface area contributed by atoms with Crippen LogP contribution in [0.1, 0.15) is 29.8 Å². The number of nitrogens with zero attached hydrogens (tertiary/aromatic N) is 3. The van der Waals surface area contributed by atoms with Crippen LogP contribution in [0.3, 0.4) is 0 Å². The number of ether oxygens (including phenoxy) is 1. The summed E-state index contributed by atoms with van der Waals surface area (Å²) in [5.41, 5.74) is 11.7. The fourth-order valence-electron chi connectivity index (χ4n) is 4.57. The van der Waals surface area contributed by atoms with Crippen molar-refractivity contribution in [3.05, 3.63) is 59.9 Å². The summed E-state index contributed by atoms with van der Waals surface area (Å²) in [6.07, 6.45) is 4.85. The lowest BCUT2D eigenvalue weighted by Crippen LogP contribution is -2.45. The number of carbonyl (C=O) groups is 1. The van der Waals surface area contributed by atoms with Gasteiger partial charge in [0, 0.05) is 54.3 Å². The first-order chi connectivity index (χ1) is 15.5. The third kappa shape index (κ3) is 3.91. The molecule has 1 amide bonds. The summed E-state index contributed by atoms with van der Waals surface area (Å²) in [5.74, 6) is 1.40. The minimum atomic E-state index is -0.0205. The van der Waals surface area contributed by atoms with Crippen LogP contribution in [-0.4, -0.2) is 47.7 Å². The maximum atomic E-state index is 12.1. The van der Waals surface area contributed by atoms with Gasteiger partial charge in [-0.15, -0.1) is 0 Å². The van der Waals surface area contributed by atoms with Crippen molar-refractivity contribution in [3.8, 4) is 22.3 Å². The fourth-order valence-corrected chi connectivity index (χ4v) is 4.57. The van der Waals surface area contributed by atoms with Gasteiger partial charge in [0.05, 0.1) is 12.2 Å². The fraction of sp³-hybridized carbons (Fsp3) is 0.320. The Balaban J connectivity index is 1.43. The van der Waals surface area contributed by atoms with E-state index in [-0.39, 0.29) is 18.1 Å². The van der Waals surface area contributed by atoms with E-state index in [4.69, 9.17) is 15.5 Å². The van der Waals surface area contributed by atoms with Crippen LogP contribution in [0, 0.1) is 0 Å². The van der Waals surface area contributed by atoms with Crippen LogP contribution in [0.25, 0.3) is 22.3 Å². The molecule has 7 heteroatoms. The lowest BCUT2D eigenvalue weighted by molar-refractivity contribution is -0.00545. The number of nitrogens with two attached hydrogens (primary N) is 1. The molecule has 1 fully saturated rings. The predicted molar refractivity (Wildman–Crippen MR) is 126 cm³/mol. The Morgan fingerprint density at radius 3 is 2.47 bits per heavy atom. The second-order valence-corrected chi connectivity index (χ2v) is 8.60. The van der Waals surface area contributed by atoms with E-state index in [1.165, 1.54) is 0 Å². The standard InChI is InChI=1S/C25H27N5O2/c1-15-13-30(14-16(2)32-15)23-6-4-19(11-28-23)20-10-22(24(26)29-12-20)17-3-5-21-18(9-17)7-8-27-25(21)31/h3-6,9-12,15-16H,7-8,13-14H2,1-2H3,(H2,26,29)(H,27,31)/t15-,16?/m0/s1. The smallest absolute Gasteiger partial charge is 0.251 e. The molecule has 2 atom stereocenters. The molecule has 7 nitrogen and oxygen atoms in total. The number of anilines is 2. The zero-order valence-electron chi connectivity index (χ0n) is 18.3. The van der Waals surface area contributed by atoms with Crippen LogP contribution in [0.4, 0.5) is 11.6 Å². The molecule has 2 aliphatic heterocycles. The minimum Gasteiger partial charge on any atom is -0.383 e. The van der Waals surface area contributed by atoms with Crippen molar-refractivity contribution in [2.75, 3.05) is 30.3 Å². The summed E-state index contributed by atoms with van der Waals surface area (Å²) >= 11 is 0. The Labute approximate surface area is 187 Å². The Morgan fingerprint density at radius 1 is 0.969 bits per heavy atom. The average molecular weight is 430 g/mol. The lowest BCUT2D eigenvalue weighted by Gasteiger charge is -2.36. The Morgan fingerprint density at radius 2 is 1.72 bits per heavy atom. The summed E-state index contributed by atoms with van der Waals surface area (Å²) in [4.78, 5) is 23.5. The number of aromatic nitrogens is 2. The Kier molecular flexibility index (Phi) is 5.27. The number of pyridine rings is 2. The number of fused-ring (bicyclic) bond motifs is 1. The summed E-state index contributed by atoms with van der Waals surface area (Å²) in [6, 6.07) is 12.0.